The largest absolute Gasteiger partial charge is 0.463 e. The van der Waals surface area contributed by atoms with E-state index in [4.69, 9.17) is 4.74 Å². The van der Waals surface area contributed by atoms with Crippen molar-refractivity contribution in [1.29, 1.82) is 0 Å². The number of hydrogen-bond acceptors (Lipinski definition) is 5. The van der Waals surface area contributed by atoms with Crippen LogP contribution in [-0.4, -0.2) is 41.8 Å². The van der Waals surface area contributed by atoms with E-state index in [9.17, 15) is 14.4 Å². The fraction of sp³-hybridized carbons (Fsp3) is 0.286. The Bertz CT molecular complexity index is 818. The summed E-state index contributed by atoms with van der Waals surface area (Å²) in [6.45, 7) is 2.99. The summed E-state index contributed by atoms with van der Waals surface area (Å²) in [6.07, 6.45) is 0.0140. The molecule has 0 bridgehead atoms. The summed E-state index contributed by atoms with van der Waals surface area (Å²) in [5.41, 5.74) is 2.25. The summed E-state index contributed by atoms with van der Waals surface area (Å²) in [7, 11) is 0. The first kappa shape index (κ1) is 18.8. The van der Waals surface area contributed by atoms with E-state index in [1.165, 1.54) is 6.92 Å². The van der Waals surface area contributed by atoms with Crippen molar-refractivity contribution in [3.63, 3.8) is 0 Å². The van der Waals surface area contributed by atoms with E-state index in [-0.39, 0.29) is 24.1 Å². The van der Waals surface area contributed by atoms with Crippen molar-refractivity contribution in [3.8, 4) is 0 Å². The molecule has 1 fully saturated rings. The van der Waals surface area contributed by atoms with Gasteiger partial charge in [0.25, 0.3) is 0 Å². The van der Waals surface area contributed by atoms with E-state index in [2.05, 4.69) is 5.32 Å². The topological polar surface area (TPSA) is 75.7 Å². The van der Waals surface area contributed by atoms with Crippen LogP contribution in [-0.2, 0) is 20.9 Å². The molecule has 1 amide bonds. The molecule has 6 nitrogen and oxygen atoms in total. The first-order chi connectivity index (χ1) is 13.0. The van der Waals surface area contributed by atoms with Crippen molar-refractivity contribution < 1.29 is 19.1 Å². The molecule has 1 N–H and O–H groups in total. The van der Waals surface area contributed by atoms with Gasteiger partial charge in [-0.05, 0) is 36.8 Å². The highest BCUT2D eigenvalue weighted by Gasteiger charge is 2.33. The summed E-state index contributed by atoms with van der Waals surface area (Å²) >= 11 is 0. The van der Waals surface area contributed by atoms with Crippen LogP contribution in [0.2, 0.25) is 0 Å². The quantitative estimate of drug-likeness (QED) is 0.628. The zero-order chi connectivity index (χ0) is 19.2. The number of nitrogens with one attached hydrogen (secondary N) is 1. The Hall–Kier alpha value is -2.99. The van der Waals surface area contributed by atoms with Gasteiger partial charge in [0.1, 0.15) is 12.6 Å². The van der Waals surface area contributed by atoms with Crippen LogP contribution in [0.4, 0.5) is 5.69 Å². The number of cyclic esters (lactones) is 1. The Morgan fingerprint density at radius 3 is 2.48 bits per heavy atom. The monoisotopic (exact) mass is 366 g/mol. The van der Waals surface area contributed by atoms with E-state index in [1.807, 2.05) is 35.2 Å². The molecule has 3 rings (SSSR count). The Labute approximate surface area is 158 Å². The molecular weight excluding hydrogens is 344 g/mol. The lowest BCUT2D eigenvalue weighted by Gasteiger charge is -2.33. The van der Waals surface area contributed by atoms with Crippen LogP contribution in [0.5, 0.6) is 0 Å². The zero-order valence-electron chi connectivity index (χ0n) is 15.2. The van der Waals surface area contributed by atoms with Crippen LogP contribution in [0.15, 0.2) is 54.6 Å². The number of esters is 1. The maximum absolute atomic E-state index is 12.4. The second-order valence-electron chi connectivity index (χ2n) is 6.53. The van der Waals surface area contributed by atoms with Crippen LogP contribution in [0.1, 0.15) is 29.3 Å². The average molecular weight is 366 g/mol. The number of anilines is 1. The van der Waals surface area contributed by atoms with Crippen LogP contribution in [0, 0.1) is 0 Å². The minimum atomic E-state index is -0.615. The van der Waals surface area contributed by atoms with Crippen LogP contribution in [0.3, 0.4) is 0 Å². The molecule has 6 heteroatoms. The summed E-state index contributed by atoms with van der Waals surface area (Å²) in [5, 5.41) is 2.78. The molecule has 2 aromatic carbocycles. The van der Waals surface area contributed by atoms with Gasteiger partial charge < -0.3 is 10.1 Å². The third-order valence-electron chi connectivity index (χ3n) is 4.52. The molecule has 0 saturated carbocycles. The number of carbonyl (C=O) groups is 3. The minimum absolute atomic E-state index is 0.0140. The number of benzene rings is 2. The Morgan fingerprint density at radius 1 is 1.11 bits per heavy atom. The molecule has 1 saturated heterocycles. The third-order valence-corrected chi connectivity index (χ3v) is 4.52. The van der Waals surface area contributed by atoms with Crippen molar-refractivity contribution in [2.75, 3.05) is 18.5 Å². The molecular formula is C21H22N2O4. The second-order valence-corrected chi connectivity index (χ2v) is 6.53. The predicted molar refractivity (Wildman–Crippen MR) is 101 cm³/mol. The standard InChI is InChI=1S/C21H22N2O4/c1-15(24)17-7-9-18(10-8-17)22-20(25)13-19-21(26)27-12-11-23(19)14-16-5-3-2-4-6-16/h2-10,19H,11-14H2,1H3,(H,22,25)/t19-/m0/s1. The van der Waals surface area contributed by atoms with Crippen LogP contribution in [0.25, 0.3) is 0 Å². The maximum Gasteiger partial charge on any atom is 0.323 e. The number of nitrogens with zero attached hydrogens (tertiary/aromatic N) is 1. The summed E-state index contributed by atoms with van der Waals surface area (Å²) in [5.74, 6) is -0.680. The SMILES string of the molecule is CC(=O)c1ccc(NC(=O)C[C@H]2C(=O)OCCN2Cc2ccccc2)cc1. The molecule has 0 unspecified atom stereocenters. The van der Waals surface area contributed by atoms with Crippen molar-refractivity contribution in [2.24, 2.45) is 0 Å². The van der Waals surface area contributed by atoms with E-state index >= 15 is 0 Å². The highest BCUT2D eigenvalue weighted by Crippen LogP contribution is 2.17. The Morgan fingerprint density at radius 2 is 1.81 bits per heavy atom. The van der Waals surface area contributed by atoms with Crippen LogP contribution < -0.4 is 5.32 Å². The van der Waals surface area contributed by atoms with Crippen molar-refractivity contribution >= 4 is 23.3 Å². The van der Waals surface area contributed by atoms with Gasteiger partial charge in [0.15, 0.2) is 5.78 Å². The number of carbonyl (C=O) groups excluding carboxylic acids is 3. The van der Waals surface area contributed by atoms with Crippen LogP contribution >= 0.6 is 0 Å². The molecule has 140 valence electrons. The highest BCUT2D eigenvalue weighted by molar-refractivity contribution is 5.96. The van der Waals surface area contributed by atoms with Gasteiger partial charge in [-0.3, -0.25) is 19.3 Å². The predicted octanol–water partition coefficient (Wildman–Crippen LogP) is 2.65. The van der Waals surface area contributed by atoms with Gasteiger partial charge in [-0.15, -0.1) is 0 Å². The van der Waals surface area contributed by atoms with Gasteiger partial charge in [-0.1, -0.05) is 30.3 Å². The fourth-order valence-corrected chi connectivity index (χ4v) is 3.06. The Kier molecular flexibility index (Phi) is 5.98. The molecule has 1 heterocycles. The van der Waals surface area contributed by atoms with E-state index < -0.39 is 6.04 Å². The highest BCUT2D eigenvalue weighted by atomic mass is 16.5. The normalized spacial score (nSPS) is 17.2. The molecule has 1 aliphatic rings. The van der Waals surface area contributed by atoms with Crippen molar-refractivity contribution in [1.82, 2.24) is 4.90 Å². The molecule has 0 aromatic heterocycles. The maximum atomic E-state index is 12.4. The smallest absolute Gasteiger partial charge is 0.323 e. The molecule has 0 spiro atoms. The molecule has 1 aliphatic heterocycles. The number of ether oxygens (including phenoxy) is 1. The summed E-state index contributed by atoms with van der Waals surface area (Å²) in [4.78, 5) is 37.9. The fourth-order valence-electron chi connectivity index (χ4n) is 3.06. The van der Waals surface area contributed by atoms with E-state index in [1.54, 1.807) is 24.3 Å². The lowest BCUT2D eigenvalue weighted by Crippen LogP contribution is -2.49. The van der Waals surface area contributed by atoms with Gasteiger partial charge in [0.05, 0.1) is 6.42 Å². The molecule has 0 aliphatic carbocycles. The second kappa shape index (κ2) is 8.60. The first-order valence-corrected chi connectivity index (χ1v) is 8.88. The van der Waals surface area contributed by atoms with Gasteiger partial charge >= 0.3 is 5.97 Å². The van der Waals surface area contributed by atoms with Gasteiger partial charge in [0, 0.05) is 24.3 Å². The van der Waals surface area contributed by atoms with E-state index in [0.29, 0.717) is 30.9 Å². The van der Waals surface area contributed by atoms with Gasteiger partial charge in [-0.2, -0.15) is 0 Å². The molecule has 2 aromatic rings. The minimum Gasteiger partial charge on any atom is -0.463 e. The number of hydrogen-bond donors (Lipinski definition) is 1. The van der Waals surface area contributed by atoms with Gasteiger partial charge in [-0.25, -0.2) is 0 Å². The first-order valence-electron chi connectivity index (χ1n) is 8.88. The lowest BCUT2D eigenvalue weighted by atomic mass is 10.1. The zero-order valence-corrected chi connectivity index (χ0v) is 15.2. The van der Waals surface area contributed by atoms with Gasteiger partial charge in [0.2, 0.25) is 5.91 Å². The Balaban J connectivity index is 1.64. The number of rotatable bonds is 6. The summed E-state index contributed by atoms with van der Waals surface area (Å²) < 4.78 is 5.15. The number of ketones is 1. The lowest BCUT2D eigenvalue weighted by molar-refractivity contribution is -0.159. The number of amides is 1. The molecule has 0 radical (unpaired) electrons. The summed E-state index contributed by atoms with van der Waals surface area (Å²) in [6, 6.07) is 15.9. The average Bonchev–Trinajstić information content (AvgIpc) is 2.66. The number of morpholine rings is 1. The van der Waals surface area contributed by atoms with Crippen molar-refractivity contribution in [2.45, 2.75) is 25.9 Å². The van der Waals surface area contributed by atoms with E-state index in [0.717, 1.165) is 5.56 Å². The van der Waals surface area contributed by atoms with Crippen molar-refractivity contribution in [3.05, 3.63) is 65.7 Å². The molecule has 27 heavy (non-hydrogen) atoms. The molecule has 1 atom stereocenters. The third kappa shape index (κ3) is 5.01. The number of Topliss-reactive ketones (excluding diaryl/α,β-unsaturated/α-hetero) is 1.